The average molecular weight is 391 g/mol. The SMILES string of the molecule is O=C(CNC(c1ccccc1)c1ccco1)Nc1ccc(N2CCOCC2)cc1. The van der Waals surface area contributed by atoms with Crippen LogP contribution in [0.2, 0.25) is 0 Å². The molecule has 0 saturated carbocycles. The molecule has 2 heterocycles. The van der Waals surface area contributed by atoms with Gasteiger partial charge in [0.15, 0.2) is 0 Å². The first-order valence-electron chi connectivity index (χ1n) is 9.84. The molecule has 1 atom stereocenters. The number of carbonyl (C=O) groups is 1. The largest absolute Gasteiger partial charge is 0.467 e. The third kappa shape index (κ3) is 5.04. The van der Waals surface area contributed by atoms with Gasteiger partial charge in [-0.2, -0.15) is 0 Å². The second kappa shape index (κ2) is 9.41. The van der Waals surface area contributed by atoms with Crippen molar-refractivity contribution in [3.63, 3.8) is 0 Å². The molecule has 2 N–H and O–H groups in total. The van der Waals surface area contributed by atoms with Gasteiger partial charge in [0.2, 0.25) is 5.91 Å². The normalized spacial score (nSPS) is 15.1. The number of nitrogens with zero attached hydrogens (tertiary/aromatic N) is 1. The van der Waals surface area contributed by atoms with Crippen LogP contribution in [0.15, 0.2) is 77.4 Å². The van der Waals surface area contributed by atoms with Crippen molar-refractivity contribution in [2.75, 3.05) is 43.1 Å². The van der Waals surface area contributed by atoms with E-state index in [0.717, 1.165) is 49.0 Å². The number of carbonyl (C=O) groups excluding carboxylic acids is 1. The Bertz CT molecular complexity index is 889. The number of morpholine rings is 1. The number of amides is 1. The highest BCUT2D eigenvalue weighted by molar-refractivity contribution is 5.92. The van der Waals surface area contributed by atoms with Crippen LogP contribution in [0.5, 0.6) is 0 Å². The fourth-order valence-electron chi connectivity index (χ4n) is 3.46. The van der Waals surface area contributed by atoms with Crippen molar-refractivity contribution >= 4 is 17.3 Å². The van der Waals surface area contributed by atoms with Gasteiger partial charge in [0.25, 0.3) is 0 Å². The lowest BCUT2D eigenvalue weighted by Gasteiger charge is -2.28. The summed E-state index contributed by atoms with van der Waals surface area (Å²) in [6, 6.07) is 21.5. The van der Waals surface area contributed by atoms with E-state index in [1.807, 2.05) is 66.7 Å². The molecule has 2 aromatic carbocycles. The number of anilines is 2. The molecule has 0 spiro atoms. The molecule has 0 bridgehead atoms. The lowest BCUT2D eigenvalue weighted by atomic mass is 10.0. The molecule has 29 heavy (non-hydrogen) atoms. The van der Waals surface area contributed by atoms with Crippen LogP contribution < -0.4 is 15.5 Å². The Morgan fingerprint density at radius 1 is 0.966 bits per heavy atom. The van der Waals surface area contributed by atoms with Crippen molar-refractivity contribution in [3.8, 4) is 0 Å². The Morgan fingerprint density at radius 2 is 1.72 bits per heavy atom. The quantitative estimate of drug-likeness (QED) is 0.646. The average Bonchev–Trinajstić information content (AvgIpc) is 3.30. The first-order valence-corrected chi connectivity index (χ1v) is 9.84. The van der Waals surface area contributed by atoms with Gasteiger partial charge in [-0.3, -0.25) is 10.1 Å². The van der Waals surface area contributed by atoms with E-state index < -0.39 is 0 Å². The predicted octanol–water partition coefficient (Wildman–Crippen LogP) is 3.43. The van der Waals surface area contributed by atoms with Crippen LogP contribution in [-0.4, -0.2) is 38.8 Å². The summed E-state index contributed by atoms with van der Waals surface area (Å²) in [4.78, 5) is 14.8. The molecule has 3 aromatic rings. The molecule has 1 amide bonds. The highest BCUT2D eigenvalue weighted by Crippen LogP contribution is 2.22. The van der Waals surface area contributed by atoms with E-state index in [1.54, 1.807) is 6.26 Å². The number of benzene rings is 2. The Balaban J connectivity index is 1.35. The molecule has 1 aliphatic heterocycles. The second-order valence-electron chi connectivity index (χ2n) is 6.93. The summed E-state index contributed by atoms with van der Waals surface area (Å²) < 4.78 is 11.0. The van der Waals surface area contributed by atoms with Crippen LogP contribution in [0.1, 0.15) is 17.4 Å². The van der Waals surface area contributed by atoms with Crippen LogP contribution in [0.4, 0.5) is 11.4 Å². The smallest absolute Gasteiger partial charge is 0.238 e. The van der Waals surface area contributed by atoms with Crippen LogP contribution in [0.3, 0.4) is 0 Å². The van der Waals surface area contributed by atoms with E-state index >= 15 is 0 Å². The Kier molecular flexibility index (Phi) is 6.24. The van der Waals surface area contributed by atoms with Crippen molar-refractivity contribution in [1.82, 2.24) is 5.32 Å². The summed E-state index contributed by atoms with van der Waals surface area (Å²) in [5, 5.41) is 6.24. The van der Waals surface area contributed by atoms with E-state index in [1.165, 1.54) is 0 Å². The van der Waals surface area contributed by atoms with Crippen molar-refractivity contribution < 1.29 is 13.9 Å². The maximum Gasteiger partial charge on any atom is 0.238 e. The predicted molar refractivity (Wildman–Crippen MR) is 113 cm³/mol. The summed E-state index contributed by atoms with van der Waals surface area (Å²) in [7, 11) is 0. The Morgan fingerprint density at radius 3 is 2.41 bits per heavy atom. The van der Waals surface area contributed by atoms with E-state index in [0.29, 0.717) is 0 Å². The maximum absolute atomic E-state index is 12.5. The topological polar surface area (TPSA) is 66.7 Å². The van der Waals surface area contributed by atoms with Gasteiger partial charge in [-0.15, -0.1) is 0 Å². The first-order chi connectivity index (χ1) is 14.3. The van der Waals surface area contributed by atoms with Crippen molar-refractivity contribution in [3.05, 3.63) is 84.3 Å². The Labute approximate surface area is 170 Å². The molecule has 1 unspecified atom stereocenters. The van der Waals surface area contributed by atoms with Gasteiger partial charge in [0.1, 0.15) is 5.76 Å². The number of hydrogen-bond acceptors (Lipinski definition) is 5. The third-order valence-corrected chi connectivity index (χ3v) is 4.95. The summed E-state index contributed by atoms with van der Waals surface area (Å²) in [6.45, 7) is 3.46. The monoisotopic (exact) mass is 391 g/mol. The molecule has 150 valence electrons. The van der Waals surface area contributed by atoms with Crippen LogP contribution in [0.25, 0.3) is 0 Å². The van der Waals surface area contributed by atoms with Gasteiger partial charge >= 0.3 is 0 Å². The summed E-state index contributed by atoms with van der Waals surface area (Å²) in [5.74, 6) is 0.676. The summed E-state index contributed by atoms with van der Waals surface area (Å²) in [5.41, 5.74) is 2.97. The second-order valence-corrected chi connectivity index (χ2v) is 6.93. The minimum Gasteiger partial charge on any atom is -0.467 e. The molecule has 0 aliphatic carbocycles. The standard InChI is InChI=1S/C23H25N3O3/c27-22(25-19-8-10-20(11-9-19)26-12-15-28-16-13-26)17-24-23(21-7-4-14-29-21)18-5-2-1-3-6-18/h1-11,14,23-24H,12-13,15-17H2,(H,25,27). The lowest BCUT2D eigenvalue weighted by molar-refractivity contribution is -0.115. The highest BCUT2D eigenvalue weighted by Gasteiger charge is 2.17. The third-order valence-electron chi connectivity index (χ3n) is 4.95. The molecule has 1 fully saturated rings. The van der Waals surface area contributed by atoms with E-state index in [9.17, 15) is 4.79 Å². The number of rotatable bonds is 7. The summed E-state index contributed by atoms with van der Waals surface area (Å²) >= 11 is 0. The first kappa shape index (κ1) is 19.2. The van der Waals surface area contributed by atoms with E-state index in [-0.39, 0.29) is 18.5 Å². The van der Waals surface area contributed by atoms with Crippen LogP contribution in [0, 0.1) is 0 Å². The van der Waals surface area contributed by atoms with Crippen LogP contribution in [-0.2, 0) is 9.53 Å². The molecule has 0 radical (unpaired) electrons. The van der Waals surface area contributed by atoms with Gasteiger partial charge in [-0.25, -0.2) is 0 Å². The van der Waals surface area contributed by atoms with Gasteiger partial charge in [0.05, 0.1) is 32.1 Å². The molecule has 4 rings (SSSR count). The lowest BCUT2D eigenvalue weighted by Crippen LogP contribution is -2.36. The zero-order valence-corrected chi connectivity index (χ0v) is 16.2. The zero-order valence-electron chi connectivity index (χ0n) is 16.2. The fraction of sp³-hybridized carbons (Fsp3) is 0.261. The van der Waals surface area contributed by atoms with Gasteiger partial charge in [-0.05, 0) is 42.0 Å². The molecule has 6 nitrogen and oxygen atoms in total. The van der Waals surface area contributed by atoms with Crippen LogP contribution >= 0.6 is 0 Å². The van der Waals surface area contributed by atoms with Gasteiger partial charge in [0, 0.05) is 24.5 Å². The number of hydrogen-bond donors (Lipinski definition) is 2. The van der Waals surface area contributed by atoms with Crippen molar-refractivity contribution in [2.24, 2.45) is 0 Å². The molecule has 1 aliphatic rings. The number of ether oxygens (including phenoxy) is 1. The van der Waals surface area contributed by atoms with Crippen molar-refractivity contribution in [1.29, 1.82) is 0 Å². The molecule has 1 saturated heterocycles. The van der Waals surface area contributed by atoms with Gasteiger partial charge < -0.3 is 19.4 Å². The molecule has 6 heteroatoms. The Hall–Kier alpha value is -3.09. The minimum absolute atomic E-state index is 0.100. The molecule has 1 aromatic heterocycles. The fourth-order valence-corrected chi connectivity index (χ4v) is 3.46. The van der Waals surface area contributed by atoms with E-state index in [4.69, 9.17) is 9.15 Å². The van der Waals surface area contributed by atoms with Crippen molar-refractivity contribution in [2.45, 2.75) is 6.04 Å². The number of furan rings is 1. The highest BCUT2D eigenvalue weighted by atomic mass is 16.5. The van der Waals surface area contributed by atoms with E-state index in [2.05, 4.69) is 15.5 Å². The maximum atomic E-state index is 12.5. The minimum atomic E-state index is -0.180. The molecular formula is C23H25N3O3. The number of nitrogens with one attached hydrogen (secondary N) is 2. The van der Waals surface area contributed by atoms with Gasteiger partial charge in [-0.1, -0.05) is 30.3 Å². The zero-order chi connectivity index (χ0) is 19.9. The summed E-state index contributed by atoms with van der Waals surface area (Å²) in [6.07, 6.45) is 1.64. The molecular weight excluding hydrogens is 366 g/mol.